The molecule has 8 heteroatoms. The third-order valence-corrected chi connectivity index (χ3v) is 3.89. The van der Waals surface area contributed by atoms with Crippen molar-refractivity contribution in [3.63, 3.8) is 0 Å². The van der Waals surface area contributed by atoms with Crippen LogP contribution in [-0.2, 0) is 0 Å². The largest absolute Gasteiger partial charge is 0.398 e. The second-order valence-corrected chi connectivity index (χ2v) is 5.64. The number of anilines is 3. The van der Waals surface area contributed by atoms with Crippen molar-refractivity contribution in [3.05, 3.63) is 87.7 Å². The summed E-state index contributed by atoms with van der Waals surface area (Å²) in [5.41, 5.74) is 8.54. The van der Waals surface area contributed by atoms with Gasteiger partial charge in [0.2, 0.25) is 0 Å². The molecule has 0 saturated carbocycles. The highest BCUT2D eigenvalue weighted by Crippen LogP contribution is 2.30. The minimum absolute atomic E-state index is 0.199. The van der Waals surface area contributed by atoms with Crippen LogP contribution in [0.25, 0.3) is 0 Å². The number of hydrogen-bond donors (Lipinski definition) is 3. The molecule has 3 aromatic rings. The Morgan fingerprint density at radius 2 is 1.93 bits per heavy atom. The summed E-state index contributed by atoms with van der Waals surface area (Å²) in [6.07, 6.45) is 3.17. The third-order valence-electron chi connectivity index (χ3n) is 3.89. The second-order valence-electron chi connectivity index (χ2n) is 5.64. The Balaban J connectivity index is 1.97. The molecule has 27 heavy (non-hydrogen) atoms. The molecule has 0 saturated heterocycles. The second kappa shape index (κ2) is 7.33. The Morgan fingerprint density at radius 1 is 1.19 bits per heavy atom. The first-order valence-corrected chi connectivity index (χ1v) is 7.84. The molecule has 0 unspecified atom stereocenters. The number of pyridine rings is 1. The topological polar surface area (TPSA) is 142 Å². The number of nitro groups is 1. The van der Waals surface area contributed by atoms with Crippen LogP contribution < -0.4 is 11.1 Å². The van der Waals surface area contributed by atoms with Crippen LogP contribution in [0.5, 0.6) is 0 Å². The lowest BCUT2D eigenvalue weighted by Crippen LogP contribution is -2.06. The molecule has 0 aliphatic carbocycles. The average Bonchev–Trinajstić information content (AvgIpc) is 2.69. The van der Waals surface area contributed by atoms with Crippen molar-refractivity contribution in [3.8, 4) is 6.07 Å². The van der Waals surface area contributed by atoms with Crippen LogP contribution >= 0.6 is 0 Å². The molecule has 1 aromatic heterocycles. The number of benzene rings is 2. The summed E-state index contributed by atoms with van der Waals surface area (Å²) < 4.78 is 0. The van der Waals surface area contributed by atoms with Gasteiger partial charge in [-0.3, -0.25) is 20.5 Å². The van der Waals surface area contributed by atoms with Gasteiger partial charge in [0, 0.05) is 41.0 Å². The molecule has 0 amide bonds. The van der Waals surface area contributed by atoms with Crippen LogP contribution in [0.3, 0.4) is 0 Å². The molecule has 2 aromatic carbocycles. The fraction of sp³-hybridized carbons (Fsp3) is 0. The Labute approximate surface area is 154 Å². The Kier molecular flexibility index (Phi) is 4.77. The van der Waals surface area contributed by atoms with Crippen molar-refractivity contribution >= 4 is 28.5 Å². The number of aromatic nitrogens is 1. The number of nitrogens with zero attached hydrogens (tertiary/aromatic N) is 3. The van der Waals surface area contributed by atoms with Gasteiger partial charge in [0.25, 0.3) is 5.69 Å². The van der Waals surface area contributed by atoms with Gasteiger partial charge in [-0.1, -0.05) is 0 Å². The highest BCUT2D eigenvalue weighted by Gasteiger charge is 2.16. The minimum atomic E-state index is -0.555. The molecule has 3 rings (SSSR count). The molecule has 0 atom stereocenters. The quantitative estimate of drug-likeness (QED) is 0.275. The fourth-order valence-corrected chi connectivity index (χ4v) is 2.54. The van der Waals surface area contributed by atoms with E-state index in [1.807, 2.05) is 6.07 Å². The van der Waals surface area contributed by atoms with E-state index in [0.29, 0.717) is 22.5 Å². The predicted molar refractivity (Wildman–Crippen MR) is 102 cm³/mol. The van der Waals surface area contributed by atoms with Crippen LogP contribution in [0.4, 0.5) is 22.7 Å². The van der Waals surface area contributed by atoms with E-state index in [9.17, 15) is 10.1 Å². The maximum absolute atomic E-state index is 11.3. The number of hydrogen-bond acceptors (Lipinski definition) is 7. The van der Waals surface area contributed by atoms with E-state index >= 15 is 0 Å². The van der Waals surface area contributed by atoms with Crippen molar-refractivity contribution in [2.45, 2.75) is 0 Å². The molecule has 0 aliphatic heterocycles. The molecule has 1 heterocycles. The van der Waals surface area contributed by atoms with E-state index in [1.165, 1.54) is 18.2 Å². The van der Waals surface area contributed by atoms with Crippen molar-refractivity contribution < 1.29 is 4.92 Å². The monoisotopic (exact) mass is 358 g/mol. The Bertz CT molecular complexity index is 1070. The van der Waals surface area contributed by atoms with Gasteiger partial charge < -0.3 is 11.1 Å². The molecule has 0 aliphatic rings. The first-order chi connectivity index (χ1) is 13.0. The molecule has 8 nitrogen and oxygen atoms in total. The number of nitriles is 1. The molecule has 132 valence electrons. The van der Waals surface area contributed by atoms with E-state index in [4.69, 9.17) is 16.4 Å². The van der Waals surface area contributed by atoms with E-state index in [2.05, 4.69) is 10.3 Å². The van der Waals surface area contributed by atoms with E-state index in [0.717, 1.165) is 0 Å². The van der Waals surface area contributed by atoms with Crippen LogP contribution in [0.1, 0.15) is 16.7 Å². The lowest BCUT2D eigenvalue weighted by Gasteiger charge is -2.12. The zero-order valence-electron chi connectivity index (χ0n) is 14.0. The molecular formula is C19H14N6O2. The number of nitrogens with two attached hydrogens (primary N) is 1. The van der Waals surface area contributed by atoms with Gasteiger partial charge >= 0.3 is 0 Å². The van der Waals surface area contributed by atoms with Crippen LogP contribution in [0.2, 0.25) is 0 Å². The first-order valence-electron chi connectivity index (χ1n) is 7.84. The van der Waals surface area contributed by atoms with Crippen molar-refractivity contribution in [1.29, 1.82) is 10.7 Å². The van der Waals surface area contributed by atoms with Crippen molar-refractivity contribution in [2.75, 3.05) is 11.1 Å². The van der Waals surface area contributed by atoms with Gasteiger partial charge in [-0.05, 0) is 42.5 Å². The van der Waals surface area contributed by atoms with E-state index in [1.54, 1.807) is 42.7 Å². The first kappa shape index (κ1) is 17.6. The number of nitro benzene ring substituents is 1. The van der Waals surface area contributed by atoms with Gasteiger partial charge in [0.15, 0.2) is 0 Å². The minimum Gasteiger partial charge on any atom is -0.398 e. The molecule has 4 N–H and O–H groups in total. The van der Waals surface area contributed by atoms with E-state index < -0.39 is 4.92 Å². The summed E-state index contributed by atoms with van der Waals surface area (Å²) in [5.74, 6) is 0. The summed E-state index contributed by atoms with van der Waals surface area (Å²) in [4.78, 5) is 14.7. The SMILES string of the molecule is N#Cc1ccc(Nc2ccc(N)c(C(=N)c3ccncc3)c2)c([N+](=O)[O-])c1. The average molecular weight is 358 g/mol. The summed E-state index contributed by atoms with van der Waals surface area (Å²) in [7, 11) is 0. The van der Waals surface area contributed by atoms with Crippen molar-refractivity contribution in [2.24, 2.45) is 0 Å². The molecule has 0 spiro atoms. The highest BCUT2D eigenvalue weighted by molar-refractivity contribution is 6.14. The smallest absolute Gasteiger partial charge is 0.293 e. The third kappa shape index (κ3) is 3.72. The Morgan fingerprint density at radius 3 is 2.59 bits per heavy atom. The van der Waals surface area contributed by atoms with Crippen LogP contribution in [0, 0.1) is 26.9 Å². The zero-order valence-corrected chi connectivity index (χ0v) is 14.0. The number of rotatable bonds is 5. The van der Waals surface area contributed by atoms with Crippen LogP contribution in [-0.4, -0.2) is 15.6 Å². The zero-order chi connectivity index (χ0) is 19.4. The highest BCUT2D eigenvalue weighted by atomic mass is 16.6. The number of nitrogen functional groups attached to an aromatic ring is 1. The standard InChI is InChI=1S/C19H14N6O2/c20-11-12-1-4-17(18(9-12)25(26)27)24-14-2-3-16(21)15(10-14)19(22)13-5-7-23-8-6-13/h1-10,22,24H,21H2. The lowest BCUT2D eigenvalue weighted by atomic mass is 10.0. The normalized spacial score (nSPS) is 10.0. The number of nitrogens with one attached hydrogen (secondary N) is 2. The van der Waals surface area contributed by atoms with Crippen LogP contribution in [0.15, 0.2) is 60.9 Å². The van der Waals surface area contributed by atoms with E-state index in [-0.39, 0.29) is 22.6 Å². The maximum atomic E-state index is 11.3. The molecule has 0 fully saturated rings. The van der Waals surface area contributed by atoms with Gasteiger partial charge in [-0.15, -0.1) is 0 Å². The summed E-state index contributed by atoms with van der Waals surface area (Å²) >= 11 is 0. The van der Waals surface area contributed by atoms with Gasteiger partial charge in [0.05, 0.1) is 22.3 Å². The summed E-state index contributed by atoms with van der Waals surface area (Å²) in [6.45, 7) is 0. The molecule has 0 bridgehead atoms. The van der Waals surface area contributed by atoms with Crippen molar-refractivity contribution in [1.82, 2.24) is 4.98 Å². The maximum Gasteiger partial charge on any atom is 0.293 e. The predicted octanol–water partition coefficient (Wildman–Crippen LogP) is 3.60. The van der Waals surface area contributed by atoms with Gasteiger partial charge in [0.1, 0.15) is 5.69 Å². The lowest BCUT2D eigenvalue weighted by molar-refractivity contribution is -0.383. The summed E-state index contributed by atoms with van der Waals surface area (Å²) in [5, 5.41) is 31.6. The molecular weight excluding hydrogens is 344 g/mol. The molecule has 0 radical (unpaired) electrons. The van der Waals surface area contributed by atoms with Gasteiger partial charge in [-0.2, -0.15) is 5.26 Å². The Hall–Kier alpha value is -4.25. The fourth-order valence-electron chi connectivity index (χ4n) is 2.54. The summed E-state index contributed by atoms with van der Waals surface area (Å²) in [6, 6.07) is 14.4. The van der Waals surface area contributed by atoms with Gasteiger partial charge in [-0.25, -0.2) is 0 Å².